The quantitative estimate of drug-likeness (QED) is 0.692. The van der Waals surface area contributed by atoms with Crippen molar-refractivity contribution < 1.29 is 18.3 Å². The molecular formula is C15H13F2NO2. The Labute approximate surface area is 115 Å². The van der Waals surface area contributed by atoms with Crippen molar-refractivity contribution in [2.24, 2.45) is 0 Å². The maximum atomic E-state index is 13.4. The second-order valence-corrected chi connectivity index (χ2v) is 4.30. The molecule has 104 valence electrons. The highest BCUT2D eigenvalue weighted by molar-refractivity contribution is 5.92. The molecule has 0 spiro atoms. The standard InChI is InChI=1S/C15H13F2NO2/c1-9-10(4-2-7-14(9)18)15(19)20-8-11-12(16)5-3-6-13(11)17/h2-7H,8,18H2,1H3. The molecule has 2 rings (SSSR count). The van der Waals surface area contributed by atoms with Crippen LogP contribution in [0.2, 0.25) is 0 Å². The number of hydrogen-bond donors (Lipinski definition) is 1. The lowest BCUT2D eigenvalue weighted by Gasteiger charge is -2.09. The van der Waals surface area contributed by atoms with Crippen LogP contribution in [0.3, 0.4) is 0 Å². The van der Waals surface area contributed by atoms with Crippen LogP contribution in [-0.4, -0.2) is 5.97 Å². The first-order valence-electron chi connectivity index (χ1n) is 5.96. The fraction of sp³-hybridized carbons (Fsp3) is 0.133. The molecule has 0 heterocycles. The fourth-order valence-corrected chi connectivity index (χ4v) is 1.76. The third-order valence-electron chi connectivity index (χ3n) is 3.00. The van der Waals surface area contributed by atoms with E-state index in [-0.39, 0.29) is 11.1 Å². The molecule has 5 heteroatoms. The van der Waals surface area contributed by atoms with E-state index in [1.165, 1.54) is 6.07 Å². The Hall–Kier alpha value is -2.43. The Morgan fingerprint density at radius 3 is 2.40 bits per heavy atom. The molecule has 0 aliphatic rings. The molecule has 3 nitrogen and oxygen atoms in total. The lowest BCUT2D eigenvalue weighted by molar-refractivity contribution is 0.0464. The van der Waals surface area contributed by atoms with Gasteiger partial charge in [-0.1, -0.05) is 12.1 Å². The van der Waals surface area contributed by atoms with Gasteiger partial charge >= 0.3 is 5.97 Å². The van der Waals surface area contributed by atoms with Crippen molar-refractivity contribution in [2.75, 3.05) is 5.73 Å². The molecule has 0 aromatic heterocycles. The Morgan fingerprint density at radius 2 is 1.75 bits per heavy atom. The van der Waals surface area contributed by atoms with Crippen molar-refractivity contribution in [1.29, 1.82) is 0 Å². The Bertz CT molecular complexity index is 636. The highest BCUT2D eigenvalue weighted by Crippen LogP contribution is 2.18. The minimum atomic E-state index is -0.748. The molecule has 0 saturated heterocycles. The first-order valence-corrected chi connectivity index (χ1v) is 5.96. The number of hydrogen-bond acceptors (Lipinski definition) is 3. The van der Waals surface area contributed by atoms with E-state index in [0.29, 0.717) is 11.3 Å². The second-order valence-electron chi connectivity index (χ2n) is 4.30. The average Bonchev–Trinajstić information content (AvgIpc) is 2.41. The highest BCUT2D eigenvalue weighted by Gasteiger charge is 2.15. The third kappa shape index (κ3) is 2.77. The predicted octanol–water partition coefficient (Wildman–Crippen LogP) is 3.21. The first kappa shape index (κ1) is 14.0. The van der Waals surface area contributed by atoms with Gasteiger partial charge in [-0.25, -0.2) is 13.6 Å². The van der Waals surface area contributed by atoms with Gasteiger partial charge in [-0.15, -0.1) is 0 Å². The Morgan fingerprint density at radius 1 is 1.15 bits per heavy atom. The van der Waals surface area contributed by atoms with Crippen LogP contribution in [0.1, 0.15) is 21.5 Å². The van der Waals surface area contributed by atoms with E-state index in [0.717, 1.165) is 12.1 Å². The van der Waals surface area contributed by atoms with Crippen LogP contribution in [0.5, 0.6) is 0 Å². The molecule has 0 saturated carbocycles. The maximum absolute atomic E-state index is 13.4. The number of nitrogen functional groups attached to an aromatic ring is 1. The van der Waals surface area contributed by atoms with E-state index in [1.807, 2.05) is 0 Å². The number of carbonyl (C=O) groups excluding carboxylic acids is 1. The molecule has 0 aliphatic carbocycles. The predicted molar refractivity (Wildman–Crippen MR) is 71.1 cm³/mol. The van der Waals surface area contributed by atoms with Crippen molar-refractivity contribution >= 4 is 11.7 Å². The van der Waals surface area contributed by atoms with Gasteiger partial charge in [0.15, 0.2) is 0 Å². The number of esters is 1. The molecule has 2 aromatic rings. The van der Waals surface area contributed by atoms with Gasteiger partial charge in [0, 0.05) is 5.69 Å². The largest absolute Gasteiger partial charge is 0.457 e. The summed E-state index contributed by atoms with van der Waals surface area (Å²) < 4.78 is 31.7. The van der Waals surface area contributed by atoms with Crippen LogP contribution < -0.4 is 5.73 Å². The molecule has 0 unspecified atom stereocenters. The van der Waals surface area contributed by atoms with Crippen LogP contribution in [0.25, 0.3) is 0 Å². The maximum Gasteiger partial charge on any atom is 0.338 e. The van der Waals surface area contributed by atoms with Crippen LogP contribution in [0.4, 0.5) is 14.5 Å². The third-order valence-corrected chi connectivity index (χ3v) is 3.00. The van der Waals surface area contributed by atoms with Gasteiger partial charge in [0.25, 0.3) is 0 Å². The van der Waals surface area contributed by atoms with Crippen molar-refractivity contribution in [2.45, 2.75) is 13.5 Å². The lowest BCUT2D eigenvalue weighted by Crippen LogP contribution is -2.10. The summed E-state index contributed by atoms with van der Waals surface area (Å²) in [5.41, 5.74) is 6.72. The minimum absolute atomic E-state index is 0.276. The number of carbonyl (C=O) groups is 1. The zero-order valence-corrected chi connectivity index (χ0v) is 10.8. The monoisotopic (exact) mass is 277 g/mol. The second kappa shape index (κ2) is 5.69. The van der Waals surface area contributed by atoms with Crippen LogP contribution >= 0.6 is 0 Å². The SMILES string of the molecule is Cc1c(N)cccc1C(=O)OCc1c(F)cccc1F. The summed E-state index contributed by atoms with van der Waals surface area (Å²) in [5.74, 6) is -2.17. The topological polar surface area (TPSA) is 52.3 Å². The molecule has 0 fully saturated rings. The van der Waals surface area contributed by atoms with E-state index in [2.05, 4.69) is 0 Å². The van der Waals surface area contributed by atoms with Crippen LogP contribution in [0, 0.1) is 18.6 Å². The van der Waals surface area contributed by atoms with Gasteiger partial charge < -0.3 is 10.5 Å². The zero-order chi connectivity index (χ0) is 14.7. The minimum Gasteiger partial charge on any atom is -0.457 e. The molecule has 0 radical (unpaired) electrons. The number of anilines is 1. The molecule has 2 aromatic carbocycles. The average molecular weight is 277 g/mol. The van der Waals surface area contributed by atoms with Gasteiger partial charge in [-0.3, -0.25) is 0 Å². The summed E-state index contributed by atoms with van der Waals surface area (Å²) in [6, 6.07) is 8.28. The van der Waals surface area contributed by atoms with E-state index >= 15 is 0 Å². The summed E-state index contributed by atoms with van der Waals surface area (Å²) >= 11 is 0. The van der Waals surface area contributed by atoms with E-state index < -0.39 is 24.2 Å². The molecular weight excluding hydrogens is 264 g/mol. The van der Waals surface area contributed by atoms with Gasteiger partial charge in [0.2, 0.25) is 0 Å². The van der Waals surface area contributed by atoms with Gasteiger partial charge in [-0.2, -0.15) is 0 Å². The molecule has 0 atom stereocenters. The number of halogens is 2. The number of rotatable bonds is 3. The van der Waals surface area contributed by atoms with E-state index in [9.17, 15) is 13.6 Å². The normalized spacial score (nSPS) is 10.3. The van der Waals surface area contributed by atoms with Crippen molar-refractivity contribution in [1.82, 2.24) is 0 Å². The summed E-state index contributed by atoms with van der Waals surface area (Å²) in [7, 11) is 0. The van der Waals surface area contributed by atoms with Crippen LogP contribution in [-0.2, 0) is 11.3 Å². The van der Waals surface area contributed by atoms with Gasteiger partial charge in [0.05, 0.1) is 11.1 Å². The summed E-state index contributed by atoms with van der Waals surface area (Å²) in [4.78, 5) is 11.9. The lowest BCUT2D eigenvalue weighted by atomic mass is 10.1. The molecule has 0 aliphatic heterocycles. The Balaban J connectivity index is 2.15. The summed E-state index contributed by atoms with van der Waals surface area (Å²) in [6.07, 6.45) is 0. The van der Waals surface area contributed by atoms with Crippen molar-refractivity contribution in [3.8, 4) is 0 Å². The van der Waals surface area contributed by atoms with Crippen molar-refractivity contribution in [3.63, 3.8) is 0 Å². The highest BCUT2D eigenvalue weighted by atomic mass is 19.1. The van der Waals surface area contributed by atoms with E-state index in [1.54, 1.807) is 25.1 Å². The number of ether oxygens (including phenoxy) is 1. The van der Waals surface area contributed by atoms with E-state index in [4.69, 9.17) is 10.5 Å². The zero-order valence-electron chi connectivity index (χ0n) is 10.8. The molecule has 0 amide bonds. The molecule has 2 N–H and O–H groups in total. The van der Waals surface area contributed by atoms with Crippen molar-refractivity contribution in [3.05, 3.63) is 64.7 Å². The summed E-state index contributed by atoms with van der Waals surface area (Å²) in [6.45, 7) is 1.21. The molecule has 20 heavy (non-hydrogen) atoms. The van der Waals surface area contributed by atoms with Gasteiger partial charge in [0.1, 0.15) is 18.2 Å². The Kier molecular flexibility index (Phi) is 3.98. The van der Waals surface area contributed by atoms with Crippen LogP contribution in [0.15, 0.2) is 36.4 Å². The van der Waals surface area contributed by atoms with Gasteiger partial charge in [-0.05, 0) is 36.8 Å². The first-order chi connectivity index (χ1) is 9.50. The number of benzene rings is 2. The number of nitrogens with two attached hydrogens (primary N) is 1. The molecule has 0 bridgehead atoms. The summed E-state index contributed by atoms with van der Waals surface area (Å²) in [5, 5.41) is 0. The smallest absolute Gasteiger partial charge is 0.338 e. The fourth-order valence-electron chi connectivity index (χ4n) is 1.76.